The minimum absolute atomic E-state index is 0.0941. The zero-order valence-corrected chi connectivity index (χ0v) is 12.1. The van der Waals surface area contributed by atoms with E-state index in [1.54, 1.807) is 36.2 Å². The summed E-state index contributed by atoms with van der Waals surface area (Å²) in [6, 6.07) is 6.96. The molecule has 0 radical (unpaired) electrons. The van der Waals surface area contributed by atoms with Crippen LogP contribution in [0.4, 0.5) is 0 Å². The van der Waals surface area contributed by atoms with Crippen LogP contribution in [-0.4, -0.2) is 50.6 Å². The monoisotopic (exact) mass is 291 g/mol. The lowest BCUT2D eigenvalue weighted by Crippen LogP contribution is -2.29. The van der Waals surface area contributed by atoms with Crippen LogP contribution in [0.1, 0.15) is 11.7 Å². The van der Waals surface area contributed by atoms with E-state index in [-0.39, 0.29) is 5.75 Å². The van der Waals surface area contributed by atoms with Crippen molar-refractivity contribution in [2.75, 3.05) is 32.1 Å². The van der Waals surface area contributed by atoms with Gasteiger partial charge >= 0.3 is 0 Å². The number of aliphatic hydroxyl groups is 1. The Kier molecular flexibility index (Phi) is 5.59. The third-order valence-electron chi connectivity index (χ3n) is 2.58. The van der Waals surface area contributed by atoms with E-state index in [1.165, 1.54) is 6.26 Å². The summed E-state index contributed by atoms with van der Waals surface area (Å²) < 4.78 is 22.1. The van der Waals surface area contributed by atoms with E-state index in [4.69, 9.17) is 11.6 Å². The summed E-state index contributed by atoms with van der Waals surface area (Å²) >= 11 is 5.76. The number of sulfone groups is 1. The Morgan fingerprint density at radius 2 is 1.89 bits per heavy atom. The van der Waals surface area contributed by atoms with E-state index in [0.29, 0.717) is 18.1 Å². The Labute approximate surface area is 113 Å². The van der Waals surface area contributed by atoms with E-state index in [2.05, 4.69) is 0 Å². The van der Waals surface area contributed by atoms with E-state index >= 15 is 0 Å². The lowest BCUT2D eigenvalue weighted by molar-refractivity contribution is 0.130. The van der Waals surface area contributed by atoms with Crippen LogP contribution >= 0.6 is 11.6 Å². The molecule has 0 fully saturated rings. The lowest BCUT2D eigenvalue weighted by atomic mass is 10.1. The van der Waals surface area contributed by atoms with Crippen LogP contribution in [0.3, 0.4) is 0 Å². The fourth-order valence-electron chi connectivity index (χ4n) is 1.50. The molecule has 0 aliphatic rings. The molecule has 0 amide bonds. The average molecular weight is 292 g/mol. The van der Waals surface area contributed by atoms with Crippen LogP contribution in [0.25, 0.3) is 0 Å². The van der Waals surface area contributed by atoms with Crippen molar-refractivity contribution < 1.29 is 13.5 Å². The van der Waals surface area contributed by atoms with Gasteiger partial charge in [-0.1, -0.05) is 23.7 Å². The zero-order chi connectivity index (χ0) is 13.8. The van der Waals surface area contributed by atoms with E-state index in [0.717, 1.165) is 5.56 Å². The molecule has 0 aromatic heterocycles. The van der Waals surface area contributed by atoms with Crippen molar-refractivity contribution in [2.45, 2.75) is 6.10 Å². The molecule has 1 N–H and O–H groups in total. The smallest absolute Gasteiger partial charge is 0.148 e. The summed E-state index contributed by atoms with van der Waals surface area (Å²) in [7, 11) is -1.18. The van der Waals surface area contributed by atoms with Crippen LogP contribution in [0, 0.1) is 0 Å². The molecule has 6 heteroatoms. The van der Waals surface area contributed by atoms with Gasteiger partial charge in [0.05, 0.1) is 11.9 Å². The first kappa shape index (κ1) is 15.4. The number of benzene rings is 1. The fraction of sp³-hybridized carbons (Fsp3) is 0.500. The Balaban J connectivity index is 2.49. The van der Waals surface area contributed by atoms with E-state index in [9.17, 15) is 13.5 Å². The third kappa shape index (κ3) is 5.82. The summed E-state index contributed by atoms with van der Waals surface area (Å²) in [4.78, 5) is 1.79. The van der Waals surface area contributed by atoms with Gasteiger partial charge in [-0.15, -0.1) is 0 Å². The second-order valence-corrected chi connectivity index (χ2v) is 7.16. The number of aliphatic hydroxyl groups excluding tert-OH is 1. The largest absolute Gasteiger partial charge is 0.387 e. The fourth-order valence-corrected chi connectivity index (χ4v) is 2.27. The highest BCUT2D eigenvalue weighted by atomic mass is 35.5. The Morgan fingerprint density at radius 3 is 2.39 bits per heavy atom. The van der Waals surface area contributed by atoms with Crippen LogP contribution < -0.4 is 0 Å². The zero-order valence-electron chi connectivity index (χ0n) is 10.5. The number of likely N-dealkylation sites (N-methyl/N-ethyl adjacent to an activating group) is 1. The summed E-state index contributed by atoms with van der Waals surface area (Å²) in [5.41, 5.74) is 0.769. The maximum Gasteiger partial charge on any atom is 0.148 e. The number of rotatable bonds is 6. The highest BCUT2D eigenvalue weighted by Gasteiger charge is 2.12. The Morgan fingerprint density at radius 1 is 1.33 bits per heavy atom. The predicted molar refractivity (Wildman–Crippen MR) is 73.6 cm³/mol. The molecule has 0 saturated heterocycles. The molecule has 0 spiro atoms. The highest BCUT2D eigenvalue weighted by molar-refractivity contribution is 7.90. The van der Waals surface area contributed by atoms with Crippen molar-refractivity contribution in [3.05, 3.63) is 34.9 Å². The number of halogens is 1. The first-order valence-electron chi connectivity index (χ1n) is 5.58. The first-order chi connectivity index (χ1) is 8.28. The van der Waals surface area contributed by atoms with E-state index in [1.807, 2.05) is 0 Å². The lowest BCUT2D eigenvalue weighted by Gasteiger charge is -2.20. The summed E-state index contributed by atoms with van der Waals surface area (Å²) in [5, 5.41) is 10.6. The van der Waals surface area contributed by atoms with Crippen LogP contribution in [0.15, 0.2) is 24.3 Å². The number of nitrogens with zero attached hydrogens (tertiary/aromatic N) is 1. The van der Waals surface area contributed by atoms with Crippen LogP contribution in [-0.2, 0) is 9.84 Å². The Bertz CT molecular complexity index is 473. The normalized spacial score (nSPS) is 13.8. The van der Waals surface area contributed by atoms with Gasteiger partial charge in [0.2, 0.25) is 0 Å². The minimum Gasteiger partial charge on any atom is -0.387 e. The molecular weight excluding hydrogens is 274 g/mol. The molecule has 0 bridgehead atoms. The highest BCUT2D eigenvalue weighted by Crippen LogP contribution is 2.16. The summed E-state index contributed by atoms with van der Waals surface area (Å²) in [5.74, 6) is 0.0941. The SMILES string of the molecule is CN(CCS(C)(=O)=O)CC(O)c1ccc(Cl)cc1. The Hall–Kier alpha value is -0.620. The molecule has 102 valence electrons. The molecule has 18 heavy (non-hydrogen) atoms. The molecule has 1 rings (SSSR count). The van der Waals surface area contributed by atoms with Gasteiger partial charge in [-0.2, -0.15) is 0 Å². The van der Waals surface area contributed by atoms with Crippen LogP contribution in [0.5, 0.6) is 0 Å². The van der Waals surface area contributed by atoms with Crippen molar-refractivity contribution in [1.29, 1.82) is 0 Å². The molecule has 0 heterocycles. The van der Waals surface area contributed by atoms with Crippen molar-refractivity contribution in [2.24, 2.45) is 0 Å². The van der Waals surface area contributed by atoms with Gasteiger partial charge in [-0.3, -0.25) is 0 Å². The number of hydrogen-bond donors (Lipinski definition) is 1. The second kappa shape index (κ2) is 6.52. The van der Waals surface area contributed by atoms with Gasteiger partial charge in [0, 0.05) is 24.4 Å². The molecule has 0 saturated carbocycles. The van der Waals surface area contributed by atoms with Crippen molar-refractivity contribution >= 4 is 21.4 Å². The van der Waals surface area contributed by atoms with Gasteiger partial charge in [0.1, 0.15) is 9.84 Å². The molecule has 0 aliphatic heterocycles. The first-order valence-corrected chi connectivity index (χ1v) is 8.01. The maximum atomic E-state index is 11.0. The molecule has 1 atom stereocenters. The third-order valence-corrected chi connectivity index (χ3v) is 3.76. The van der Waals surface area contributed by atoms with Gasteiger partial charge in [-0.05, 0) is 24.7 Å². The second-order valence-electron chi connectivity index (χ2n) is 4.46. The van der Waals surface area contributed by atoms with Crippen molar-refractivity contribution in [3.8, 4) is 0 Å². The quantitative estimate of drug-likeness (QED) is 0.859. The molecule has 1 aromatic carbocycles. The topological polar surface area (TPSA) is 57.6 Å². The molecule has 1 aromatic rings. The standard InChI is InChI=1S/C12H18ClNO3S/c1-14(7-8-18(2,16)17)9-12(15)10-3-5-11(13)6-4-10/h3-6,12,15H,7-9H2,1-2H3. The van der Waals surface area contributed by atoms with Crippen molar-refractivity contribution in [1.82, 2.24) is 4.90 Å². The molecule has 1 unspecified atom stereocenters. The number of hydrogen-bond acceptors (Lipinski definition) is 4. The van der Waals surface area contributed by atoms with E-state index < -0.39 is 15.9 Å². The van der Waals surface area contributed by atoms with Gasteiger partial charge < -0.3 is 10.0 Å². The maximum absolute atomic E-state index is 11.0. The van der Waals surface area contributed by atoms with Gasteiger partial charge in [0.15, 0.2) is 0 Å². The van der Waals surface area contributed by atoms with Gasteiger partial charge in [-0.25, -0.2) is 8.42 Å². The summed E-state index contributed by atoms with van der Waals surface area (Å²) in [6.45, 7) is 0.792. The van der Waals surface area contributed by atoms with Crippen LogP contribution in [0.2, 0.25) is 5.02 Å². The molecular formula is C12H18ClNO3S. The molecule has 0 aliphatic carbocycles. The summed E-state index contributed by atoms with van der Waals surface area (Å²) in [6.07, 6.45) is 0.558. The minimum atomic E-state index is -2.97. The average Bonchev–Trinajstić information content (AvgIpc) is 2.26. The molecule has 4 nitrogen and oxygen atoms in total. The van der Waals surface area contributed by atoms with Crippen molar-refractivity contribution in [3.63, 3.8) is 0 Å². The predicted octanol–water partition coefficient (Wildman–Crippen LogP) is 1.35. The van der Waals surface area contributed by atoms with Gasteiger partial charge in [0.25, 0.3) is 0 Å².